The van der Waals surface area contributed by atoms with E-state index in [9.17, 15) is 0 Å². The summed E-state index contributed by atoms with van der Waals surface area (Å²) in [6.45, 7) is 0. The van der Waals surface area contributed by atoms with E-state index in [0.29, 0.717) is 0 Å². The molecule has 0 aliphatic carbocycles. The highest BCUT2D eigenvalue weighted by Gasteiger charge is 2.31. The van der Waals surface area contributed by atoms with Crippen LogP contribution in [0.2, 0.25) is 0 Å². The molecule has 0 bridgehead atoms. The Kier molecular flexibility index (Phi) is 6.20. The van der Waals surface area contributed by atoms with E-state index in [1.165, 1.54) is 43.3 Å². The highest BCUT2D eigenvalue weighted by Crippen LogP contribution is 2.53. The van der Waals surface area contributed by atoms with E-state index in [4.69, 9.17) is 4.99 Å². The molecule has 2 heterocycles. The standard InChI is InChI=1S/C37H30N4S/c1-41-32-21-20-25-17-18-29(23-31(25)33(32)42-37(41)30-19-16-24-10-8-9-15-28(24)22-30)36-39-34(26-11-4-2-5-12-26)38-35(40-36)27-13-6-3-7-14-27/h2-23,34,36-37,39H,1H3,(H,38,40). The Morgan fingerprint density at radius 1 is 0.643 bits per heavy atom. The predicted octanol–water partition coefficient (Wildman–Crippen LogP) is 8.57. The van der Waals surface area contributed by atoms with Crippen molar-refractivity contribution < 1.29 is 0 Å². The zero-order chi connectivity index (χ0) is 28.0. The lowest BCUT2D eigenvalue weighted by Gasteiger charge is -2.32. The fraction of sp³-hybridized carbons (Fsp3) is 0.108. The van der Waals surface area contributed by atoms with Crippen LogP contribution in [0, 0.1) is 0 Å². The third-order valence-electron chi connectivity index (χ3n) is 8.35. The maximum Gasteiger partial charge on any atom is 0.131 e. The summed E-state index contributed by atoms with van der Waals surface area (Å²) in [5.74, 6) is 0.900. The summed E-state index contributed by atoms with van der Waals surface area (Å²) in [6, 6.07) is 47.7. The molecule has 42 heavy (non-hydrogen) atoms. The van der Waals surface area contributed by atoms with Gasteiger partial charge in [-0.25, -0.2) is 4.99 Å². The Morgan fingerprint density at radius 2 is 1.33 bits per heavy atom. The number of hydrogen-bond acceptors (Lipinski definition) is 5. The number of amidine groups is 1. The van der Waals surface area contributed by atoms with Crippen LogP contribution in [0.3, 0.4) is 0 Å². The van der Waals surface area contributed by atoms with Crippen molar-refractivity contribution in [2.75, 3.05) is 11.9 Å². The molecule has 6 aromatic rings. The van der Waals surface area contributed by atoms with Gasteiger partial charge in [-0.1, -0.05) is 127 Å². The first-order valence-corrected chi connectivity index (χ1v) is 15.2. The van der Waals surface area contributed by atoms with Crippen molar-refractivity contribution >= 4 is 44.8 Å². The third-order valence-corrected chi connectivity index (χ3v) is 9.83. The molecule has 2 N–H and O–H groups in total. The van der Waals surface area contributed by atoms with E-state index >= 15 is 0 Å². The molecule has 0 aromatic heterocycles. The second kappa shape index (κ2) is 10.4. The first kappa shape index (κ1) is 25.2. The number of hydrogen-bond donors (Lipinski definition) is 2. The van der Waals surface area contributed by atoms with Gasteiger partial charge in [-0.15, -0.1) is 0 Å². The first-order chi connectivity index (χ1) is 20.7. The van der Waals surface area contributed by atoms with Gasteiger partial charge < -0.3 is 10.2 Å². The average molecular weight is 563 g/mol. The monoisotopic (exact) mass is 562 g/mol. The fourth-order valence-electron chi connectivity index (χ4n) is 6.13. The summed E-state index contributed by atoms with van der Waals surface area (Å²) >= 11 is 1.95. The molecule has 2 aliphatic rings. The lowest BCUT2D eigenvalue weighted by molar-refractivity contribution is 0.409. The zero-order valence-electron chi connectivity index (χ0n) is 23.2. The second-order valence-corrected chi connectivity index (χ2v) is 12.1. The molecule has 0 saturated heterocycles. The number of nitrogens with one attached hydrogen (secondary N) is 2. The van der Waals surface area contributed by atoms with Gasteiger partial charge in [0.05, 0.1) is 5.69 Å². The Bertz CT molecular complexity index is 1950. The van der Waals surface area contributed by atoms with Crippen molar-refractivity contribution in [2.24, 2.45) is 4.99 Å². The SMILES string of the molecule is CN1c2ccc3ccc(C4NC(c5ccccc5)=NC(c5ccccc5)N4)cc3c2SC1c1ccc2ccccc2c1. The quantitative estimate of drug-likeness (QED) is 0.226. The predicted molar refractivity (Wildman–Crippen MR) is 176 cm³/mol. The molecule has 8 rings (SSSR count). The van der Waals surface area contributed by atoms with Crippen LogP contribution < -0.4 is 15.5 Å². The Labute approximate surface area is 250 Å². The van der Waals surface area contributed by atoms with Gasteiger partial charge in [-0.2, -0.15) is 0 Å². The minimum absolute atomic E-state index is 0.0939. The fourth-order valence-corrected chi connectivity index (χ4v) is 7.54. The van der Waals surface area contributed by atoms with Gasteiger partial charge in [0, 0.05) is 17.5 Å². The lowest BCUT2D eigenvalue weighted by Crippen LogP contribution is -2.44. The molecule has 0 fully saturated rings. The van der Waals surface area contributed by atoms with Crippen LogP contribution in [0.5, 0.6) is 0 Å². The molecule has 2 aliphatic heterocycles. The summed E-state index contributed by atoms with van der Waals surface area (Å²) in [5.41, 5.74) is 6.03. The van der Waals surface area contributed by atoms with E-state index in [0.717, 1.165) is 17.0 Å². The van der Waals surface area contributed by atoms with Crippen molar-refractivity contribution in [1.82, 2.24) is 10.6 Å². The van der Waals surface area contributed by atoms with Crippen molar-refractivity contribution in [3.63, 3.8) is 0 Å². The maximum atomic E-state index is 5.08. The maximum absolute atomic E-state index is 5.08. The van der Waals surface area contributed by atoms with E-state index < -0.39 is 0 Å². The van der Waals surface area contributed by atoms with E-state index in [1.807, 2.05) is 23.9 Å². The van der Waals surface area contributed by atoms with E-state index in [-0.39, 0.29) is 17.7 Å². The van der Waals surface area contributed by atoms with Crippen LogP contribution in [-0.4, -0.2) is 12.9 Å². The lowest BCUT2D eigenvalue weighted by atomic mass is 10.0. The second-order valence-electron chi connectivity index (χ2n) is 11.0. The smallest absolute Gasteiger partial charge is 0.131 e. The topological polar surface area (TPSA) is 39.7 Å². The van der Waals surface area contributed by atoms with Crippen LogP contribution >= 0.6 is 11.8 Å². The van der Waals surface area contributed by atoms with Gasteiger partial charge in [0.25, 0.3) is 0 Å². The molecule has 0 amide bonds. The molecule has 3 atom stereocenters. The molecule has 4 nitrogen and oxygen atoms in total. The summed E-state index contributed by atoms with van der Waals surface area (Å²) < 4.78 is 0. The molecule has 0 spiro atoms. The molecular weight excluding hydrogens is 533 g/mol. The Hall–Kier alpha value is -4.58. The first-order valence-electron chi connectivity index (χ1n) is 14.4. The van der Waals surface area contributed by atoms with Crippen molar-refractivity contribution in [1.29, 1.82) is 0 Å². The van der Waals surface area contributed by atoms with Gasteiger partial charge in [0.15, 0.2) is 0 Å². The minimum Gasteiger partial charge on any atom is -0.357 e. The number of benzene rings is 6. The summed E-state index contributed by atoms with van der Waals surface area (Å²) in [6.07, 6.45) is -0.244. The highest BCUT2D eigenvalue weighted by molar-refractivity contribution is 8.00. The van der Waals surface area contributed by atoms with Crippen molar-refractivity contribution in [3.8, 4) is 0 Å². The van der Waals surface area contributed by atoms with E-state index in [2.05, 4.69) is 144 Å². The van der Waals surface area contributed by atoms with Crippen molar-refractivity contribution in [2.45, 2.75) is 22.6 Å². The van der Waals surface area contributed by atoms with Crippen LogP contribution in [-0.2, 0) is 0 Å². The molecule has 204 valence electrons. The van der Waals surface area contributed by atoms with Gasteiger partial charge in [-0.05, 0) is 56.4 Å². The molecule has 0 saturated carbocycles. The van der Waals surface area contributed by atoms with Gasteiger partial charge in [0.2, 0.25) is 0 Å². The molecule has 5 heteroatoms. The van der Waals surface area contributed by atoms with Gasteiger partial charge in [-0.3, -0.25) is 5.32 Å². The van der Waals surface area contributed by atoms with Gasteiger partial charge >= 0.3 is 0 Å². The number of anilines is 1. The third kappa shape index (κ3) is 4.42. The summed E-state index contributed by atoms with van der Waals surface area (Å²) in [4.78, 5) is 8.83. The summed E-state index contributed by atoms with van der Waals surface area (Å²) in [7, 11) is 2.21. The van der Waals surface area contributed by atoms with Gasteiger partial charge in [0.1, 0.15) is 23.5 Å². The van der Waals surface area contributed by atoms with Crippen LogP contribution in [0.15, 0.2) is 143 Å². The largest absolute Gasteiger partial charge is 0.357 e. The Morgan fingerprint density at radius 3 is 2.17 bits per heavy atom. The van der Waals surface area contributed by atoms with Crippen LogP contribution in [0.4, 0.5) is 5.69 Å². The highest BCUT2D eigenvalue weighted by atomic mass is 32.2. The number of fused-ring (bicyclic) bond motifs is 4. The Balaban J connectivity index is 1.17. The molecule has 3 unspecified atom stereocenters. The normalized spacial score (nSPS) is 19.9. The minimum atomic E-state index is -0.150. The number of nitrogens with zero attached hydrogens (tertiary/aromatic N) is 2. The molecular formula is C37H30N4S. The number of rotatable bonds is 4. The molecule has 0 radical (unpaired) electrons. The zero-order valence-corrected chi connectivity index (χ0v) is 24.1. The summed E-state index contributed by atoms with van der Waals surface area (Å²) in [5, 5.41) is 12.8. The number of aliphatic imine (C=N–C) groups is 1. The average Bonchev–Trinajstić information content (AvgIpc) is 3.41. The number of thioether (sulfide) groups is 1. The van der Waals surface area contributed by atoms with Crippen molar-refractivity contribution in [3.05, 3.63) is 156 Å². The van der Waals surface area contributed by atoms with E-state index in [1.54, 1.807) is 0 Å². The van der Waals surface area contributed by atoms with Crippen LogP contribution in [0.1, 0.15) is 40.0 Å². The van der Waals surface area contributed by atoms with Crippen LogP contribution in [0.25, 0.3) is 21.5 Å². The molecule has 6 aromatic carbocycles.